The number of hydrogen-bond donors (Lipinski definition) is 3. The lowest BCUT2D eigenvalue weighted by Gasteiger charge is -1.97. The molecular weight excluding hydrogens is 378 g/mol. The summed E-state index contributed by atoms with van der Waals surface area (Å²) in [4.78, 5) is 36.5. The summed E-state index contributed by atoms with van der Waals surface area (Å²) in [5.74, 6) is -1.62. The predicted molar refractivity (Wildman–Crippen MR) is 105 cm³/mol. The molecule has 10 nitrogen and oxygen atoms in total. The molecule has 0 atom stereocenters. The van der Waals surface area contributed by atoms with Gasteiger partial charge < -0.3 is 15.4 Å². The molecule has 0 unspecified atom stereocenters. The molecule has 0 spiro atoms. The monoisotopic (exact) mass is 393 g/mol. The van der Waals surface area contributed by atoms with Gasteiger partial charge in [-0.3, -0.25) is 19.7 Å². The summed E-state index contributed by atoms with van der Waals surface area (Å²) in [6.07, 6.45) is 2.88. The number of carbonyl (C=O) groups is 2. The second kappa shape index (κ2) is 8.57. The number of aromatic hydroxyl groups is 1. The number of non-ortho nitro benzene ring substituents is 1. The van der Waals surface area contributed by atoms with E-state index in [4.69, 9.17) is 0 Å². The maximum absolute atomic E-state index is 11.8. The maximum Gasteiger partial charge on any atom is 0.283 e. The van der Waals surface area contributed by atoms with Crippen LogP contribution >= 0.6 is 0 Å². The van der Waals surface area contributed by atoms with E-state index in [-0.39, 0.29) is 22.6 Å². The normalized spacial score (nSPS) is 11.3. The average Bonchev–Trinajstić information content (AvgIpc) is 3.04. The van der Waals surface area contributed by atoms with Crippen molar-refractivity contribution in [3.63, 3.8) is 0 Å². The average molecular weight is 393 g/mol. The number of nitro benzene ring substituents is 1. The highest BCUT2D eigenvalue weighted by Gasteiger charge is 2.15. The number of fused-ring (bicyclic) bond motifs is 1. The number of azo groups is 1. The Bertz CT molecular complexity index is 1130. The first-order valence-corrected chi connectivity index (χ1v) is 8.38. The van der Waals surface area contributed by atoms with Crippen LogP contribution in [0.5, 0.6) is 5.88 Å². The molecule has 1 heterocycles. The van der Waals surface area contributed by atoms with E-state index in [0.717, 1.165) is 5.56 Å². The van der Waals surface area contributed by atoms with E-state index in [9.17, 15) is 24.8 Å². The van der Waals surface area contributed by atoms with Crippen LogP contribution in [0.25, 0.3) is 17.0 Å². The summed E-state index contributed by atoms with van der Waals surface area (Å²) in [7, 11) is 0. The molecule has 0 saturated heterocycles. The third-order valence-corrected chi connectivity index (χ3v) is 3.85. The second-order valence-corrected chi connectivity index (χ2v) is 5.86. The molecule has 3 aromatic rings. The van der Waals surface area contributed by atoms with Crippen LogP contribution in [-0.4, -0.2) is 33.4 Å². The molecule has 3 rings (SSSR count). The van der Waals surface area contributed by atoms with Crippen LogP contribution in [0.2, 0.25) is 0 Å². The van der Waals surface area contributed by atoms with Crippen LogP contribution in [0, 0.1) is 10.1 Å². The van der Waals surface area contributed by atoms with Crippen LogP contribution in [0.3, 0.4) is 0 Å². The van der Waals surface area contributed by atoms with E-state index in [1.165, 1.54) is 24.3 Å². The fourth-order valence-corrected chi connectivity index (χ4v) is 2.47. The van der Waals surface area contributed by atoms with Gasteiger partial charge in [-0.1, -0.05) is 30.3 Å². The number of aromatic amines is 1. The predicted octanol–water partition coefficient (Wildman–Crippen LogP) is 3.22. The number of carbonyl (C=O) groups excluding carboxylic acids is 2. The Labute approximate surface area is 163 Å². The molecule has 2 amide bonds. The third-order valence-electron chi connectivity index (χ3n) is 3.85. The minimum Gasteiger partial charge on any atom is -0.493 e. The minimum atomic E-state index is -0.759. The van der Waals surface area contributed by atoms with Gasteiger partial charge in [0.15, 0.2) is 5.69 Å². The van der Waals surface area contributed by atoms with Crippen molar-refractivity contribution in [1.29, 1.82) is 0 Å². The SMILES string of the molecule is O=C(CNC(=O)/C=C/c1ccccc1)N=Nc1c(O)[nH]c2ccc([N+](=O)[O-])cc12. The van der Waals surface area contributed by atoms with Gasteiger partial charge in [0.25, 0.3) is 11.6 Å². The number of benzene rings is 2. The first-order valence-electron chi connectivity index (χ1n) is 8.38. The highest BCUT2D eigenvalue weighted by atomic mass is 16.6. The Morgan fingerprint density at radius 3 is 2.69 bits per heavy atom. The van der Waals surface area contributed by atoms with Crippen molar-refractivity contribution in [3.05, 3.63) is 70.3 Å². The molecule has 0 fully saturated rings. The third kappa shape index (κ3) is 4.89. The fraction of sp³-hybridized carbons (Fsp3) is 0.0526. The molecule has 3 N–H and O–H groups in total. The lowest BCUT2D eigenvalue weighted by atomic mass is 10.2. The molecule has 1 aromatic heterocycles. The molecule has 10 heteroatoms. The van der Waals surface area contributed by atoms with Gasteiger partial charge in [0.2, 0.25) is 11.8 Å². The summed E-state index contributed by atoms with van der Waals surface area (Å²) in [5.41, 5.74) is 0.926. The molecule has 0 aliphatic rings. The lowest BCUT2D eigenvalue weighted by molar-refractivity contribution is -0.384. The van der Waals surface area contributed by atoms with Gasteiger partial charge in [-0.15, -0.1) is 10.2 Å². The number of hydrogen-bond acceptors (Lipinski definition) is 6. The first-order chi connectivity index (χ1) is 13.9. The summed E-state index contributed by atoms with van der Waals surface area (Å²) < 4.78 is 0. The second-order valence-electron chi connectivity index (χ2n) is 5.86. The standard InChI is InChI=1S/C19H15N5O5/c25-16(9-6-12-4-2-1-3-5-12)20-11-17(26)22-23-18-14-10-13(24(28)29)7-8-15(14)21-19(18)27/h1-10,21,27H,11H2,(H,20,25)/b9-6+,23-22?. The van der Waals surface area contributed by atoms with Crippen molar-refractivity contribution < 1.29 is 19.6 Å². The molecule has 0 aliphatic carbocycles. The summed E-state index contributed by atoms with van der Waals surface area (Å²) in [5, 5.41) is 30.5. The van der Waals surface area contributed by atoms with Crippen molar-refractivity contribution in [3.8, 4) is 5.88 Å². The summed E-state index contributed by atoms with van der Waals surface area (Å²) in [6, 6.07) is 13.0. The molecule has 29 heavy (non-hydrogen) atoms. The van der Waals surface area contributed by atoms with Gasteiger partial charge in [-0.05, 0) is 17.7 Å². The Morgan fingerprint density at radius 2 is 1.97 bits per heavy atom. The lowest BCUT2D eigenvalue weighted by Crippen LogP contribution is -2.26. The quantitative estimate of drug-likeness (QED) is 0.254. The Kier molecular flexibility index (Phi) is 5.74. The zero-order valence-electron chi connectivity index (χ0n) is 14.9. The maximum atomic E-state index is 11.8. The Hall–Kier alpha value is -4.34. The van der Waals surface area contributed by atoms with Crippen molar-refractivity contribution in [1.82, 2.24) is 10.3 Å². The van der Waals surface area contributed by atoms with E-state index in [1.807, 2.05) is 30.3 Å². The van der Waals surface area contributed by atoms with Crippen molar-refractivity contribution in [2.75, 3.05) is 6.54 Å². The van der Waals surface area contributed by atoms with E-state index >= 15 is 0 Å². The van der Waals surface area contributed by atoms with Gasteiger partial charge in [0, 0.05) is 23.6 Å². The van der Waals surface area contributed by atoms with Crippen LogP contribution in [-0.2, 0) is 9.59 Å². The van der Waals surface area contributed by atoms with Crippen molar-refractivity contribution in [2.24, 2.45) is 10.2 Å². The van der Waals surface area contributed by atoms with Gasteiger partial charge in [-0.2, -0.15) is 0 Å². The first kappa shape index (κ1) is 19.4. The number of nitrogens with zero attached hydrogens (tertiary/aromatic N) is 3. The molecule has 2 aromatic carbocycles. The van der Waals surface area contributed by atoms with Gasteiger partial charge >= 0.3 is 0 Å². The molecular formula is C19H15N5O5. The largest absolute Gasteiger partial charge is 0.493 e. The number of aromatic nitrogens is 1. The number of nitrogens with one attached hydrogen (secondary N) is 2. The smallest absolute Gasteiger partial charge is 0.283 e. The number of nitro groups is 1. The number of rotatable bonds is 6. The van der Waals surface area contributed by atoms with Gasteiger partial charge in [0.1, 0.15) is 6.54 Å². The fourth-order valence-electron chi connectivity index (χ4n) is 2.47. The Balaban J connectivity index is 1.64. The topological polar surface area (TPSA) is 150 Å². The van der Waals surface area contributed by atoms with E-state index in [2.05, 4.69) is 20.5 Å². The summed E-state index contributed by atoms with van der Waals surface area (Å²) >= 11 is 0. The molecule has 0 bridgehead atoms. The van der Waals surface area contributed by atoms with Gasteiger partial charge in [-0.25, -0.2) is 0 Å². The zero-order valence-corrected chi connectivity index (χ0v) is 14.9. The van der Waals surface area contributed by atoms with Crippen LogP contribution in [0.1, 0.15) is 5.56 Å². The van der Waals surface area contributed by atoms with Crippen molar-refractivity contribution >= 4 is 40.2 Å². The highest BCUT2D eigenvalue weighted by Crippen LogP contribution is 2.37. The molecule has 146 valence electrons. The number of amides is 2. The highest BCUT2D eigenvalue weighted by molar-refractivity contribution is 5.96. The van der Waals surface area contributed by atoms with Gasteiger partial charge in [0.05, 0.1) is 10.4 Å². The van der Waals surface area contributed by atoms with Crippen LogP contribution < -0.4 is 5.32 Å². The van der Waals surface area contributed by atoms with Crippen molar-refractivity contribution in [2.45, 2.75) is 0 Å². The molecule has 0 aliphatic heterocycles. The molecule has 0 saturated carbocycles. The van der Waals surface area contributed by atoms with E-state index in [1.54, 1.807) is 6.08 Å². The van der Waals surface area contributed by atoms with E-state index in [0.29, 0.717) is 5.52 Å². The van der Waals surface area contributed by atoms with E-state index < -0.39 is 23.3 Å². The van der Waals surface area contributed by atoms with Crippen LogP contribution in [0.15, 0.2) is 64.8 Å². The Morgan fingerprint density at radius 1 is 1.21 bits per heavy atom. The zero-order chi connectivity index (χ0) is 20.8. The minimum absolute atomic E-state index is 0.104. The summed E-state index contributed by atoms with van der Waals surface area (Å²) in [6.45, 7) is -0.398. The van der Waals surface area contributed by atoms with Crippen LogP contribution in [0.4, 0.5) is 11.4 Å². The number of H-pyrrole nitrogens is 1. The molecule has 0 radical (unpaired) electrons.